The van der Waals surface area contributed by atoms with E-state index in [0.717, 1.165) is 19.3 Å². The molecule has 1 aliphatic carbocycles. The topological polar surface area (TPSA) is 64.6 Å². The summed E-state index contributed by atoms with van der Waals surface area (Å²) in [7, 11) is 1.32. The zero-order chi connectivity index (χ0) is 13.5. The molecule has 0 unspecified atom stereocenters. The molecule has 3 rings (SSSR count). The summed E-state index contributed by atoms with van der Waals surface area (Å²) in [4.78, 5) is 23.9. The number of para-hydroxylation sites is 1. The van der Waals surface area contributed by atoms with Crippen LogP contribution in [0, 0.1) is 5.41 Å². The average Bonchev–Trinajstić information content (AvgIpc) is 2.52. The summed E-state index contributed by atoms with van der Waals surface area (Å²) in [5.41, 5.74) is 0.459. The van der Waals surface area contributed by atoms with E-state index in [0.29, 0.717) is 23.6 Å². The predicted octanol–water partition coefficient (Wildman–Crippen LogP) is 1.97. The van der Waals surface area contributed by atoms with Crippen LogP contribution in [0.5, 0.6) is 5.75 Å². The normalized spacial score (nSPS) is 19.5. The van der Waals surface area contributed by atoms with Crippen LogP contribution in [0.2, 0.25) is 0 Å². The first-order chi connectivity index (χ1) is 9.16. The van der Waals surface area contributed by atoms with Crippen LogP contribution < -0.4 is 10.1 Å². The zero-order valence-corrected chi connectivity index (χ0v) is 10.7. The second-order valence-electron chi connectivity index (χ2n) is 5.05. The number of amides is 1. The first-order valence-electron chi connectivity index (χ1n) is 6.32. The molecule has 5 nitrogen and oxygen atoms in total. The SMILES string of the molecule is COC(=O)c1cccc2c1OCC1(CCC1)C(=O)N2. The van der Waals surface area contributed by atoms with Crippen LogP contribution in [0.4, 0.5) is 5.69 Å². The van der Waals surface area contributed by atoms with Gasteiger partial charge in [0.25, 0.3) is 0 Å². The molecule has 1 amide bonds. The Morgan fingerprint density at radius 2 is 2.21 bits per heavy atom. The predicted molar refractivity (Wildman–Crippen MR) is 68.2 cm³/mol. The maximum atomic E-state index is 12.2. The Labute approximate surface area is 110 Å². The van der Waals surface area contributed by atoms with Crippen molar-refractivity contribution < 1.29 is 19.1 Å². The van der Waals surface area contributed by atoms with Gasteiger partial charge in [-0.25, -0.2) is 4.79 Å². The summed E-state index contributed by atoms with van der Waals surface area (Å²) in [5.74, 6) is -0.0679. The van der Waals surface area contributed by atoms with Gasteiger partial charge in [-0.3, -0.25) is 4.79 Å². The summed E-state index contributed by atoms with van der Waals surface area (Å²) >= 11 is 0. The maximum Gasteiger partial charge on any atom is 0.341 e. The van der Waals surface area contributed by atoms with E-state index < -0.39 is 11.4 Å². The fraction of sp³-hybridized carbons (Fsp3) is 0.429. The molecule has 1 heterocycles. The highest BCUT2D eigenvalue weighted by Gasteiger charge is 2.47. The highest BCUT2D eigenvalue weighted by Crippen LogP contribution is 2.45. The molecule has 0 bridgehead atoms. The van der Waals surface area contributed by atoms with E-state index in [-0.39, 0.29) is 5.91 Å². The minimum absolute atomic E-state index is 0.0143. The number of carbonyl (C=O) groups excluding carboxylic acids is 2. The van der Waals surface area contributed by atoms with Crippen molar-refractivity contribution in [2.45, 2.75) is 19.3 Å². The van der Waals surface area contributed by atoms with Crippen molar-refractivity contribution in [3.63, 3.8) is 0 Å². The summed E-state index contributed by atoms with van der Waals surface area (Å²) in [6, 6.07) is 5.07. The number of benzene rings is 1. The quantitative estimate of drug-likeness (QED) is 0.785. The number of ether oxygens (including phenoxy) is 2. The molecule has 1 N–H and O–H groups in total. The Hall–Kier alpha value is -2.04. The van der Waals surface area contributed by atoms with Crippen LogP contribution in [-0.4, -0.2) is 25.6 Å². The van der Waals surface area contributed by atoms with E-state index in [9.17, 15) is 9.59 Å². The Kier molecular flexibility index (Phi) is 2.69. The third-order valence-electron chi connectivity index (χ3n) is 3.95. The number of methoxy groups -OCH3 is 1. The van der Waals surface area contributed by atoms with Gasteiger partial charge in [0.15, 0.2) is 5.75 Å². The highest BCUT2D eigenvalue weighted by atomic mass is 16.5. The fourth-order valence-electron chi connectivity index (χ4n) is 2.57. The van der Waals surface area contributed by atoms with E-state index in [1.54, 1.807) is 18.2 Å². The van der Waals surface area contributed by atoms with Gasteiger partial charge in [0.05, 0.1) is 18.2 Å². The van der Waals surface area contributed by atoms with Gasteiger partial charge in [-0.15, -0.1) is 0 Å². The first-order valence-corrected chi connectivity index (χ1v) is 6.32. The Morgan fingerprint density at radius 1 is 1.42 bits per heavy atom. The standard InChI is InChI=1S/C14H15NO4/c1-18-12(16)9-4-2-5-10-11(9)19-8-14(6-3-7-14)13(17)15-10/h2,4-5H,3,6-8H2,1H3,(H,15,17). The van der Waals surface area contributed by atoms with Crippen LogP contribution in [0.3, 0.4) is 0 Å². The maximum absolute atomic E-state index is 12.2. The van der Waals surface area contributed by atoms with E-state index in [2.05, 4.69) is 5.32 Å². The van der Waals surface area contributed by atoms with Crippen molar-refractivity contribution in [2.24, 2.45) is 5.41 Å². The smallest absolute Gasteiger partial charge is 0.341 e. The number of hydrogen-bond donors (Lipinski definition) is 1. The van der Waals surface area contributed by atoms with Crippen molar-refractivity contribution in [3.8, 4) is 5.75 Å². The average molecular weight is 261 g/mol. The van der Waals surface area contributed by atoms with Gasteiger partial charge in [0, 0.05) is 0 Å². The molecular formula is C14H15NO4. The molecule has 5 heteroatoms. The summed E-state index contributed by atoms with van der Waals surface area (Å²) in [6.07, 6.45) is 2.71. The molecule has 19 heavy (non-hydrogen) atoms. The molecule has 0 atom stereocenters. The van der Waals surface area contributed by atoms with E-state index in [1.807, 2.05) is 0 Å². The van der Waals surface area contributed by atoms with Crippen LogP contribution in [0.1, 0.15) is 29.6 Å². The summed E-state index contributed by atoms with van der Waals surface area (Å²) in [6.45, 7) is 0.319. The lowest BCUT2D eigenvalue weighted by Gasteiger charge is -2.37. The molecule has 1 aromatic carbocycles. The third-order valence-corrected chi connectivity index (χ3v) is 3.95. The Bertz CT molecular complexity index is 548. The lowest BCUT2D eigenvalue weighted by Crippen LogP contribution is -2.45. The van der Waals surface area contributed by atoms with Gasteiger partial charge < -0.3 is 14.8 Å². The monoisotopic (exact) mass is 261 g/mol. The molecule has 2 aliphatic rings. The number of fused-ring (bicyclic) bond motifs is 1. The number of carbonyl (C=O) groups is 2. The van der Waals surface area contributed by atoms with Crippen molar-refractivity contribution in [3.05, 3.63) is 23.8 Å². The number of hydrogen-bond acceptors (Lipinski definition) is 4. The van der Waals surface area contributed by atoms with Crippen LogP contribution in [0.15, 0.2) is 18.2 Å². The highest BCUT2D eigenvalue weighted by molar-refractivity contribution is 6.01. The van der Waals surface area contributed by atoms with Gasteiger partial charge in [-0.1, -0.05) is 12.5 Å². The molecule has 1 aromatic rings. The zero-order valence-electron chi connectivity index (χ0n) is 10.7. The number of anilines is 1. The second-order valence-corrected chi connectivity index (χ2v) is 5.05. The molecule has 1 aliphatic heterocycles. The minimum Gasteiger partial charge on any atom is -0.489 e. The largest absolute Gasteiger partial charge is 0.489 e. The fourth-order valence-corrected chi connectivity index (χ4v) is 2.57. The van der Waals surface area contributed by atoms with Crippen molar-refractivity contribution in [2.75, 3.05) is 19.0 Å². The molecular weight excluding hydrogens is 246 g/mol. The molecule has 1 saturated carbocycles. The first kappa shape index (κ1) is 12.0. The van der Waals surface area contributed by atoms with Crippen molar-refractivity contribution in [1.82, 2.24) is 0 Å². The molecule has 0 saturated heterocycles. The van der Waals surface area contributed by atoms with Gasteiger partial charge in [-0.05, 0) is 25.0 Å². The van der Waals surface area contributed by atoms with Crippen molar-refractivity contribution >= 4 is 17.6 Å². The van der Waals surface area contributed by atoms with Gasteiger partial charge in [-0.2, -0.15) is 0 Å². The molecule has 1 fully saturated rings. The lowest BCUT2D eigenvalue weighted by molar-refractivity contribution is -0.132. The summed E-state index contributed by atoms with van der Waals surface area (Å²) in [5, 5.41) is 2.86. The van der Waals surface area contributed by atoms with E-state index >= 15 is 0 Å². The van der Waals surface area contributed by atoms with Crippen LogP contribution >= 0.6 is 0 Å². The minimum atomic E-state index is -0.462. The Morgan fingerprint density at radius 3 is 2.84 bits per heavy atom. The van der Waals surface area contributed by atoms with E-state index in [4.69, 9.17) is 9.47 Å². The molecule has 1 spiro atoms. The number of nitrogens with one attached hydrogen (secondary N) is 1. The number of esters is 1. The van der Waals surface area contributed by atoms with Gasteiger partial charge >= 0.3 is 5.97 Å². The van der Waals surface area contributed by atoms with E-state index in [1.165, 1.54) is 7.11 Å². The van der Waals surface area contributed by atoms with Crippen LogP contribution in [0.25, 0.3) is 0 Å². The lowest BCUT2D eigenvalue weighted by atomic mass is 9.69. The van der Waals surface area contributed by atoms with Gasteiger partial charge in [0.1, 0.15) is 12.2 Å². The van der Waals surface area contributed by atoms with Gasteiger partial charge in [0.2, 0.25) is 5.91 Å². The molecule has 100 valence electrons. The van der Waals surface area contributed by atoms with Crippen LogP contribution in [-0.2, 0) is 9.53 Å². The molecule has 0 radical (unpaired) electrons. The van der Waals surface area contributed by atoms with Crippen molar-refractivity contribution in [1.29, 1.82) is 0 Å². The molecule has 0 aromatic heterocycles. The Balaban J connectivity index is 2.00. The third kappa shape index (κ3) is 1.77. The summed E-state index contributed by atoms with van der Waals surface area (Å²) < 4.78 is 10.5. The second kappa shape index (κ2) is 4.26. The number of rotatable bonds is 1.